The lowest BCUT2D eigenvalue weighted by Crippen LogP contribution is -2.48. The number of anilines is 1. The van der Waals surface area contributed by atoms with Crippen molar-refractivity contribution in [2.75, 3.05) is 38.2 Å². The van der Waals surface area contributed by atoms with E-state index in [9.17, 15) is 12.8 Å². The van der Waals surface area contributed by atoms with Crippen LogP contribution in [0.5, 0.6) is 5.75 Å². The van der Waals surface area contributed by atoms with Crippen molar-refractivity contribution in [3.8, 4) is 5.75 Å². The number of methoxy groups -OCH3 is 1. The van der Waals surface area contributed by atoms with Gasteiger partial charge in [0.05, 0.1) is 23.4 Å². The number of fused-ring (bicyclic) bond motifs is 1. The summed E-state index contributed by atoms with van der Waals surface area (Å²) in [6.07, 6.45) is 6.57. The van der Waals surface area contributed by atoms with E-state index in [1.54, 1.807) is 0 Å². The van der Waals surface area contributed by atoms with Gasteiger partial charge in [-0.2, -0.15) is 4.31 Å². The first-order chi connectivity index (χ1) is 14.5. The Morgan fingerprint density at radius 1 is 1.07 bits per heavy atom. The second kappa shape index (κ2) is 7.24. The van der Waals surface area contributed by atoms with Crippen LogP contribution in [0.2, 0.25) is 0 Å². The average Bonchev–Trinajstić information content (AvgIpc) is 3.52. The minimum Gasteiger partial charge on any atom is -0.494 e. The van der Waals surface area contributed by atoms with Crippen molar-refractivity contribution in [1.29, 1.82) is 0 Å². The predicted octanol–water partition coefficient (Wildman–Crippen LogP) is 2.87. The Balaban J connectivity index is 1.31. The minimum absolute atomic E-state index is 0.0264. The highest BCUT2D eigenvalue weighted by Crippen LogP contribution is 2.39. The van der Waals surface area contributed by atoms with E-state index in [0.717, 1.165) is 23.1 Å². The number of imidazole rings is 1. The van der Waals surface area contributed by atoms with Crippen LogP contribution in [0.25, 0.3) is 5.65 Å². The molecule has 0 atom stereocenters. The smallest absolute Gasteiger partial charge is 0.243 e. The van der Waals surface area contributed by atoms with Gasteiger partial charge in [0.1, 0.15) is 5.65 Å². The monoisotopic (exact) mass is 430 g/mol. The largest absolute Gasteiger partial charge is 0.494 e. The van der Waals surface area contributed by atoms with Crippen LogP contribution in [-0.2, 0) is 10.0 Å². The van der Waals surface area contributed by atoms with E-state index in [4.69, 9.17) is 4.74 Å². The molecule has 2 fully saturated rings. The van der Waals surface area contributed by atoms with Crippen molar-refractivity contribution in [3.63, 3.8) is 0 Å². The lowest BCUT2D eigenvalue weighted by Gasteiger charge is -2.35. The molecule has 0 bridgehead atoms. The highest BCUT2D eigenvalue weighted by molar-refractivity contribution is 7.89. The number of rotatable bonds is 5. The topological polar surface area (TPSA) is 67.2 Å². The van der Waals surface area contributed by atoms with Gasteiger partial charge in [-0.3, -0.25) is 0 Å². The lowest BCUT2D eigenvalue weighted by atomic mass is 10.3. The molecule has 1 aliphatic heterocycles. The van der Waals surface area contributed by atoms with Crippen molar-refractivity contribution >= 4 is 21.4 Å². The summed E-state index contributed by atoms with van der Waals surface area (Å²) in [6, 6.07) is 7.78. The third-order valence-electron chi connectivity index (χ3n) is 5.81. The summed E-state index contributed by atoms with van der Waals surface area (Å²) in [5, 5.41) is 0. The maximum atomic E-state index is 14.0. The zero-order chi connectivity index (χ0) is 20.9. The Bertz CT molecular complexity index is 1200. The molecule has 30 heavy (non-hydrogen) atoms. The number of piperazine rings is 1. The summed E-state index contributed by atoms with van der Waals surface area (Å²) in [7, 11) is -2.41. The molecular formula is C21H23FN4O3S. The van der Waals surface area contributed by atoms with Gasteiger partial charge in [-0.05, 0) is 43.2 Å². The van der Waals surface area contributed by atoms with Gasteiger partial charge in [0, 0.05) is 44.5 Å². The van der Waals surface area contributed by atoms with Gasteiger partial charge in [-0.25, -0.2) is 17.8 Å². The first-order valence-electron chi connectivity index (χ1n) is 10.0. The molecule has 5 rings (SSSR count). The highest BCUT2D eigenvalue weighted by Gasteiger charge is 2.30. The summed E-state index contributed by atoms with van der Waals surface area (Å²) >= 11 is 0. The Hall–Kier alpha value is -2.65. The summed E-state index contributed by atoms with van der Waals surface area (Å²) in [5.41, 5.74) is 3.12. The quantitative estimate of drug-likeness (QED) is 0.623. The van der Waals surface area contributed by atoms with Gasteiger partial charge < -0.3 is 14.0 Å². The van der Waals surface area contributed by atoms with Crippen LogP contribution < -0.4 is 9.64 Å². The number of nitrogens with zero attached hydrogens (tertiary/aromatic N) is 4. The van der Waals surface area contributed by atoms with Crippen molar-refractivity contribution in [2.24, 2.45) is 0 Å². The molecular weight excluding hydrogens is 407 g/mol. The molecule has 9 heteroatoms. The average molecular weight is 431 g/mol. The number of sulfonamides is 1. The van der Waals surface area contributed by atoms with Crippen LogP contribution in [0.3, 0.4) is 0 Å². The summed E-state index contributed by atoms with van der Waals surface area (Å²) in [5.74, 6) is -0.0557. The SMILES string of the molecule is COc1ccc(S(=O)(=O)N2CCN(c3ccc4nc(C5CC5)cn4c3)CC2)cc1F. The second-order valence-corrected chi connectivity index (χ2v) is 9.72. The summed E-state index contributed by atoms with van der Waals surface area (Å²) < 4.78 is 48.2. The zero-order valence-corrected chi connectivity index (χ0v) is 17.5. The third kappa shape index (κ3) is 3.41. The van der Waals surface area contributed by atoms with E-state index in [1.165, 1.54) is 36.4 Å². The fourth-order valence-electron chi connectivity index (χ4n) is 3.91. The molecule has 2 aromatic heterocycles. The molecule has 1 aromatic carbocycles. The fraction of sp³-hybridized carbons (Fsp3) is 0.381. The van der Waals surface area contributed by atoms with Crippen LogP contribution in [-0.4, -0.2) is 55.4 Å². The molecule has 3 heterocycles. The molecule has 1 saturated carbocycles. The van der Waals surface area contributed by atoms with E-state index in [0.29, 0.717) is 32.1 Å². The maximum Gasteiger partial charge on any atom is 0.243 e. The van der Waals surface area contributed by atoms with Crippen LogP contribution in [0, 0.1) is 5.82 Å². The summed E-state index contributed by atoms with van der Waals surface area (Å²) in [4.78, 5) is 6.79. The van der Waals surface area contributed by atoms with Crippen molar-refractivity contribution in [3.05, 3.63) is 54.2 Å². The van der Waals surface area contributed by atoms with E-state index in [2.05, 4.69) is 22.3 Å². The molecule has 3 aromatic rings. The van der Waals surface area contributed by atoms with Crippen LogP contribution in [0.1, 0.15) is 24.5 Å². The fourth-order valence-corrected chi connectivity index (χ4v) is 5.34. The van der Waals surface area contributed by atoms with Crippen molar-refractivity contribution in [1.82, 2.24) is 13.7 Å². The van der Waals surface area contributed by atoms with Crippen LogP contribution >= 0.6 is 0 Å². The van der Waals surface area contributed by atoms with Gasteiger partial charge in [0.15, 0.2) is 11.6 Å². The first kappa shape index (κ1) is 19.3. The second-order valence-electron chi connectivity index (χ2n) is 7.78. The molecule has 0 N–H and O–H groups in total. The molecule has 2 aliphatic rings. The van der Waals surface area contributed by atoms with Gasteiger partial charge in [-0.1, -0.05) is 0 Å². The van der Waals surface area contributed by atoms with Crippen LogP contribution in [0.15, 0.2) is 47.6 Å². The number of halogens is 1. The number of benzene rings is 1. The number of pyridine rings is 1. The maximum absolute atomic E-state index is 14.0. The van der Waals surface area contributed by atoms with E-state index in [-0.39, 0.29) is 10.6 Å². The van der Waals surface area contributed by atoms with Gasteiger partial charge in [0.2, 0.25) is 10.0 Å². The zero-order valence-electron chi connectivity index (χ0n) is 16.7. The number of hydrogen-bond donors (Lipinski definition) is 0. The Morgan fingerprint density at radius 2 is 1.83 bits per heavy atom. The number of aromatic nitrogens is 2. The summed E-state index contributed by atoms with van der Waals surface area (Å²) in [6.45, 7) is 1.80. The van der Waals surface area contributed by atoms with Crippen molar-refractivity contribution in [2.45, 2.75) is 23.7 Å². The predicted molar refractivity (Wildman–Crippen MR) is 111 cm³/mol. The number of ether oxygens (including phenoxy) is 1. The molecule has 7 nitrogen and oxygen atoms in total. The molecule has 158 valence electrons. The van der Waals surface area contributed by atoms with Gasteiger partial charge in [0.25, 0.3) is 0 Å². The molecule has 0 radical (unpaired) electrons. The molecule has 0 spiro atoms. The Morgan fingerprint density at radius 3 is 2.50 bits per heavy atom. The Labute approximate surface area is 174 Å². The standard InChI is InChI=1S/C21H23FN4O3S/c1-29-20-6-5-17(12-18(20)22)30(27,28)26-10-8-24(9-11-26)16-4-7-21-23-19(15-2-3-15)14-25(21)13-16/h4-7,12-15H,2-3,8-11H2,1H3. The third-order valence-corrected chi connectivity index (χ3v) is 7.71. The van der Waals surface area contributed by atoms with E-state index < -0.39 is 15.8 Å². The highest BCUT2D eigenvalue weighted by atomic mass is 32.2. The molecule has 0 unspecified atom stereocenters. The van der Waals surface area contributed by atoms with Gasteiger partial charge in [-0.15, -0.1) is 0 Å². The van der Waals surface area contributed by atoms with E-state index >= 15 is 0 Å². The number of hydrogen-bond acceptors (Lipinski definition) is 5. The first-order valence-corrected chi connectivity index (χ1v) is 11.5. The Kier molecular flexibility index (Phi) is 4.67. The van der Waals surface area contributed by atoms with Crippen molar-refractivity contribution < 1.29 is 17.5 Å². The molecule has 0 amide bonds. The lowest BCUT2D eigenvalue weighted by molar-refractivity contribution is 0.379. The van der Waals surface area contributed by atoms with Crippen LogP contribution in [0.4, 0.5) is 10.1 Å². The van der Waals surface area contributed by atoms with E-state index in [1.807, 2.05) is 16.5 Å². The molecule has 1 aliphatic carbocycles. The normalized spacial score (nSPS) is 18.1. The van der Waals surface area contributed by atoms with Gasteiger partial charge >= 0.3 is 0 Å². The minimum atomic E-state index is -3.75. The molecule has 1 saturated heterocycles.